The molecule has 2 nitrogen and oxygen atoms in total. The van der Waals surface area contributed by atoms with Crippen molar-refractivity contribution in [2.45, 2.75) is 19.8 Å². The van der Waals surface area contributed by atoms with Gasteiger partial charge < -0.3 is 4.74 Å². The van der Waals surface area contributed by atoms with Crippen LogP contribution in [0.5, 0.6) is 5.75 Å². The minimum atomic E-state index is 0.512. The molecule has 0 radical (unpaired) electrons. The third kappa shape index (κ3) is 2.27. The van der Waals surface area contributed by atoms with Crippen molar-refractivity contribution in [3.63, 3.8) is 0 Å². The lowest BCUT2D eigenvalue weighted by Crippen LogP contribution is -1.95. The van der Waals surface area contributed by atoms with Crippen molar-refractivity contribution < 1.29 is 4.74 Å². The first-order valence-corrected chi connectivity index (χ1v) is 5.19. The van der Waals surface area contributed by atoms with Crippen LogP contribution < -0.4 is 4.74 Å². The fraction of sp³-hybridized carbons (Fsp3) is 0.364. The molecule has 0 fully saturated rings. The number of rotatable bonds is 3. The molecule has 74 valence electrons. The van der Waals surface area contributed by atoms with Crippen LogP contribution in [0.1, 0.15) is 17.5 Å². The number of methoxy groups -OCH3 is 1. The van der Waals surface area contributed by atoms with E-state index in [1.165, 1.54) is 5.56 Å². The Kier molecular flexibility index (Phi) is 3.97. The summed E-state index contributed by atoms with van der Waals surface area (Å²) in [6.45, 7) is 2.03. The van der Waals surface area contributed by atoms with Crippen molar-refractivity contribution in [3.05, 3.63) is 27.7 Å². The highest BCUT2D eigenvalue weighted by Crippen LogP contribution is 2.30. The highest BCUT2D eigenvalue weighted by molar-refractivity contribution is 9.10. The Labute approximate surface area is 92.6 Å². The third-order valence-electron chi connectivity index (χ3n) is 2.10. The van der Waals surface area contributed by atoms with Crippen molar-refractivity contribution >= 4 is 15.9 Å². The number of ether oxygens (including phenoxy) is 1. The lowest BCUT2D eigenvalue weighted by Gasteiger charge is -2.11. The highest BCUT2D eigenvalue weighted by Gasteiger charge is 2.08. The van der Waals surface area contributed by atoms with Crippen molar-refractivity contribution in [2.75, 3.05) is 7.11 Å². The highest BCUT2D eigenvalue weighted by atomic mass is 79.9. The van der Waals surface area contributed by atoms with Gasteiger partial charge in [-0.2, -0.15) is 5.26 Å². The fourth-order valence-corrected chi connectivity index (χ4v) is 1.85. The van der Waals surface area contributed by atoms with E-state index >= 15 is 0 Å². The van der Waals surface area contributed by atoms with Crippen LogP contribution in [0, 0.1) is 18.3 Å². The van der Waals surface area contributed by atoms with Crippen molar-refractivity contribution in [1.82, 2.24) is 0 Å². The Morgan fingerprint density at radius 1 is 1.50 bits per heavy atom. The molecule has 0 aromatic heterocycles. The predicted octanol–water partition coefficient (Wildman–Crippen LogP) is 3.22. The van der Waals surface area contributed by atoms with Crippen LogP contribution in [0.4, 0.5) is 0 Å². The summed E-state index contributed by atoms with van der Waals surface area (Å²) < 4.78 is 6.29. The predicted molar refractivity (Wildman–Crippen MR) is 59.4 cm³/mol. The topological polar surface area (TPSA) is 33.0 Å². The minimum Gasteiger partial charge on any atom is -0.496 e. The van der Waals surface area contributed by atoms with Crippen LogP contribution in [0.2, 0.25) is 0 Å². The Hall–Kier alpha value is -1.01. The van der Waals surface area contributed by atoms with E-state index in [4.69, 9.17) is 10.00 Å². The number of hydrogen-bond acceptors (Lipinski definition) is 2. The Balaban J connectivity index is 3.09. The zero-order valence-corrected chi connectivity index (χ0v) is 9.89. The SMILES string of the molecule is COc1ccc(C)c(Br)c1CCC#N. The lowest BCUT2D eigenvalue weighted by atomic mass is 10.1. The molecule has 0 aliphatic heterocycles. The zero-order valence-electron chi connectivity index (χ0n) is 8.30. The van der Waals surface area contributed by atoms with Gasteiger partial charge in [-0.05, 0) is 25.0 Å². The maximum absolute atomic E-state index is 8.55. The van der Waals surface area contributed by atoms with E-state index < -0.39 is 0 Å². The van der Waals surface area contributed by atoms with Gasteiger partial charge in [0.1, 0.15) is 5.75 Å². The van der Waals surface area contributed by atoms with Gasteiger partial charge in [-0.25, -0.2) is 0 Å². The summed E-state index contributed by atoms with van der Waals surface area (Å²) in [5.74, 6) is 0.845. The van der Waals surface area contributed by atoms with Crippen LogP contribution in [-0.2, 0) is 6.42 Å². The van der Waals surface area contributed by atoms with Crippen LogP contribution in [-0.4, -0.2) is 7.11 Å². The minimum absolute atomic E-state index is 0.512. The smallest absolute Gasteiger partial charge is 0.123 e. The molecular weight excluding hydrogens is 242 g/mol. The molecule has 0 aliphatic rings. The summed E-state index contributed by atoms with van der Waals surface area (Å²) in [6, 6.07) is 6.07. The van der Waals surface area contributed by atoms with Crippen molar-refractivity contribution in [2.24, 2.45) is 0 Å². The number of aryl methyl sites for hydroxylation is 1. The molecule has 14 heavy (non-hydrogen) atoms. The molecule has 0 heterocycles. The molecule has 0 saturated carbocycles. The van der Waals surface area contributed by atoms with E-state index in [1.54, 1.807) is 7.11 Å². The maximum Gasteiger partial charge on any atom is 0.123 e. The monoisotopic (exact) mass is 253 g/mol. The quantitative estimate of drug-likeness (QED) is 0.829. The second-order valence-corrected chi connectivity index (χ2v) is 3.83. The Morgan fingerprint density at radius 2 is 2.21 bits per heavy atom. The number of benzene rings is 1. The molecule has 1 aromatic rings. The summed E-state index contributed by atoms with van der Waals surface area (Å²) in [4.78, 5) is 0. The molecule has 0 unspecified atom stereocenters. The molecule has 1 rings (SSSR count). The van der Waals surface area contributed by atoms with Crippen LogP contribution in [0.25, 0.3) is 0 Å². The van der Waals surface area contributed by atoms with Gasteiger partial charge in [0.2, 0.25) is 0 Å². The number of nitriles is 1. The molecule has 3 heteroatoms. The molecular formula is C11H12BrNO. The normalized spacial score (nSPS) is 9.57. The summed E-state index contributed by atoms with van der Waals surface area (Å²) >= 11 is 3.51. The molecule has 0 saturated heterocycles. The Bertz CT molecular complexity index is 368. The molecule has 0 atom stereocenters. The van der Waals surface area contributed by atoms with E-state index in [-0.39, 0.29) is 0 Å². The van der Waals surface area contributed by atoms with Gasteiger partial charge in [-0.1, -0.05) is 22.0 Å². The van der Waals surface area contributed by atoms with E-state index in [9.17, 15) is 0 Å². The van der Waals surface area contributed by atoms with Gasteiger partial charge in [0.05, 0.1) is 13.2 Å². The molecule has 0 spiro atoms. The average Bonchev–Trinajstić information content (AvgIpc) is 2.20. The van der Waals surface area contributed by atoms with Gasteiger partial charge in [0.25, 0.3) is 0 Å². The number of nitrogens with zero attached hydrogens (tertiary/aromatic N) is 1. The van der Waals surface area contributed by atoms with Crippen molar-refractivity contribution in [3.8, 4) is 11.8 Å². The van der Waals surface area contributed by atoms with Crippen LogP contribution >= 0.6 is 15.9 Å². The molecule has 1 aromatic carbocycles. The second-order valence-electron chi connectivity index (χ2n) is 3.04. The van der Waals surface area contributed by atoms with Crippen molar-refractivity contribution in [1.29, 1.82) is 5.26 Å². The lowest BCUT2D eigenvalue weighted by molar-refractivity contribution is 0.409. The summed E-state index contributed by atoms with van der Waals surface area (Å²) in [5, 5.41) is 8.55. The number of halogens is 1. The molecule has 0 aliphatic carbocycles. The summed E-state index contributed by atoms with van der Waals surface area (Å²) in [6.07, 6.45) is 1.24. The summed E-state index contributed by atoms with van der Waals surface area (Å²) in [7, 11) is 1.65. The Morgan fingerprint density at radius 3 is 2.79 bits per heavy atom. The molecule has 0 bridgehead atoms. The maximum atomic E-state index is 8.55. The zero-order chi connectivity index (χ0) is 10.6. The first-order valence-electron chi connectivity index (χ1n) is 4.39. The van der Waals surface area contributed by atoms with Crippen LogP contribution in [0.15, 0.2) is 16.6 Å². The average molecular weight is 254 g/mol. The number of hydrogen-bond donors (Lipinski definition) is 0. The van der Waals surface area contributed by atoms with E-state index in [0.717, 1.165) is 22.2 Å². The standard InChI is InChI=1S/C11H12BrNO/c1-8-5-6-10(14-2)9(11(8)12)4-3-7-13/h5-6H,3-4H2,1-2H3. The van der Waals surface area contributed by atoms with E-state index in [0.29, 0.717) is 6.42 Å². The molecule has 0 N–H and O–H groups in total. The fourth-order valence-electron chi connectivity index (χ4n) is 1.33. The molecule has 0 amide bonds. The van der Waals surface area contributed by atoms with Gasteiger partial charge in [0, 0.05) is 16.5 Å². The van der Waals surface area contributed by atoms with E-state index in [1.807, 2.05) is 19.1 Å². The first-order chi connectivity index (χ1) is 6.70. The largest absolute Gasteiger partial charge is 0.496 e. The van der Waals surface area contributed by atoms with Gasteiger partial charge in [-0.15, -0.1) is 0 Å². The second kappa shape index (κ2) is 5.02. The first kappa shape index (κ1) is 11.1. The third-order valence-corrected chi connectivity index (χ3v) is 3.20. The van der Waals surface area contributed by atoms with Gasteiger partial charge in [-0.3, -0.25) is 0 Å². The van der Waals surface area contributed by atoms with Gasteiger partial charge >= 0.3 is 0 Å². The van der Waals surface area contributed by atoms with Gasteiger partial charge in [0.15, 0.2) is 0 Å². The van der Waals surface area contributed by atoms with E-state index in [2.05, 4.69) is 22.0 Å². The van der Waals surface area contributed by atoms with Crippen LogP contribution in [0.3, 0.4) is 0 Å². The summed E-state index contributed by atoms with van der Waals surface area (Å²) in [5.41, 5.74) is 2.24.